The first-order chi connectivity index (χ1) is 15.5. The summed E-state index contributed by atoms with van der Waals surface area (Å²) in [6.45, 7) is -0.248. The number of anilines is 3. The number of hydrogen-bond acceptors (Lipinski definition) is 8. The van der Waals surface area contributed by atoms with Crippen molar-refractivity contribution < 1.29 is 26.4 Å². The van der Waals surface area contributed by atoms with E-state index in [1.165, 1.54) is 48.7 Å². The monoisotopic (exact) mass is 528 g/mol. The first-order valence-corrected chi connectivity index (χ1v) is 13.9. The van der Waals surface area contributed by atoms with Gasteiger partial charge in [-0.2, -0.15) is 0 Å². The number of nitrogens with zero attached hydrogens (tertiary/aromatic N) is 2. The Balaban J connectivity index is 1.50. The Hall–Kier alpha value is -2.87. The van der Waals surface area contributed by atoms with Gasteiger partial charge < -0.3 is 10.1 Å². The number of benzene rings is 2. The van der Waals surface area contributed by atoms with E-state index in [1.807, 2.05) is 0 Å². The molecule has 0 saturated heterocycles. The molecule has 0 spiro atoms. The van der Waals surface area contributed by atoms with Crippen molar-refractivity contribution in [3.63, 3.8) is 0 Å². The summed E-state index contributed by atoms with van der Waals surface area (Å²) in [4.78, 5) is 16.7. The summed E-state index contributed by atoms with van der Waals surface area (Å²) in [7, 11) is -7.54. The SMILES string of the molecule is CS(=O)(=O)N1CC(C(=O)Nc2ccc(S(=O)(=O)Nc3nccs3)cc2)Oc2ccc(Cl)cc21. The summed E-state index contributed by atoms with van der Waals surface area (Å²) < 4.78 is 58.5. The number of nitrogens with one attached hydrogen (secondary N) is 2. The number of fused-ring (bicyclic) bond motifs is 1. The fourth-order valence-corrected chi connectivity index (χ4v) is 5.92. The number of rotatable bonds is 6. The maximum absolute atomic E-state index is 12.8. The number of hydrogen-bond donors (Lipinski definition) is 2. The van der Waals surface area contributed by atoms with E-state index >= 15 is 0 Å². The Bertz CT molecular complexity index is 1390. The van der Waals surface area contributed by atoms with Crippen molar-refractivity contribution >= 4 is 65.4 Å². The van der Waals surface area contributed by atoms with Crippen LogP contribution in [0, 0.1) is 0 Å². The van der Waals surface area contributed by atoms with Gasteiger partial charge in [0.1, 0.15) is 5.75 Å². The Morgan fingerprint density at radius 2 is 1.91 bits per heavy atom. The fraction of sp³-hybridized carbons (Fsp3) is 0.158. The molecule has 1 aromatic heterocycles. The van der Waals surface area contributed by atoms with Crippen molar-refractivity contribution in [2.75, 3.05) is 27.1 Å². The van der Waals surface area contributed by atoms with Crippen LogP contribution in [0.1, 0.15) is 0 Å². The molecule has 1 aliphatic heterocycles. The van der Waals surface area contributed by atoms with Crippen molar-refractivity contribution in [3.8, 4) is 5.75 Å². The molecule has 174 valence electrons. The molecular formula is C19H17ClN4O6S3. The standard InChI is InChI=1S/C19H17ClN4O6S3/c1-32(26,27)24-11-17(30-16-7-2-12(20)10-15(16)24)18(25)22-13-3-5-14(6-4-13)33(28,29)23-19-21-8-9-31-19/h2-10,17H,11H2,1H3,(H,21,23)(H,22,25). The molecule has 2 aromatic carbocycles. The minimum absolute atomic E-state index is 0.0151. The zero-order valence-electron chi connectivity index (χ0n) is 16.9. The molecule has 4 rings (SSSR count). The van der Waals surface area contributed by atoms with E-state index in [2.05, 4.69) is 15.0 Å². The second kappa shape index (κ2) is 8.82. The Morgan fingerprint density at radius 3 is 2.55 bits per heavy atom. The van der Waals surface area contributed by atoms with E-state index in [0.29, 0.717) is 10.7 Å². The van der Waals surface area contributed by atoms with Crippen LogP contribution in [0.15, 0.2) is 58.9 Å². The highest BCUT2D eigenvalue weighted by atomic mass is 35.5. The van der Waals surface area contributed by atoms with Crippen molar-refractivity contribution in [2.24, 2.45) is 0 Å². The molecular weight excluding hydrogens is 512 g/mol. The summed E-state index contributed by atoms with van der Waals surface area (Å²) in [6.07, 6.45) is 1.37. The average molecular weight is 529 g/mol. The van der Waals surface area contributed by atoms with Crippen LogP contribution >= 0.6 is 22.9 Å². The van der Waals surface area contributed by atoms with E-state index in [0.717, 1.165) is 21.9 Å². The van der Waals surface area contributed by atoms with Gasteiger partial charge in [0.25, 0.3) is 15.9 Å². The van der Waals surface area contributed by atoms with Gasteiger partial charge in [-0.15, -0.1) is 11.3 Å². The van der Waals surface area contributed by atoms with E-state index in [9.17, 15) is 21.6 Å². The van der Waals surface area contributed by atoms with Gasteiger partial charge in [-0.05, 0) is 42.5 Å². The highest BCUT2D eigenvalue weighted by Crippen LogP contribution is 2.37. The van der Waals surface area contributed by atoms with Gasteiger partial charge in [-0.3, -0.25) is 13.8 Å². The molecule has 0 saturated carbocycles. The molecule has 33 heavy (non-hydrogen) atoms. The van der Waals surface area contributed by atoms with Gasteiger partial charge >= 0.3 is 0 Å². The Labute approximate surface area is 199 Å². The van der Waals surface area contributed by atoms with Crippen LogP contribution in [0.3, 0.4) is 0 Å². The topological polar surface area (TPSA) is 135 Å². The van der Waals surface area contributed by atoms with Crippen LogP contribution in [-0.4, -0.2) is 46.6 Å². The quantitative estimate of drug-likeness (QED) is 0.502. The van der Waals surface area contributed by atoms with Crippen molar-refractivity contribution in [2.45, 2.75) is 11.0 Å². The molecule has 2 N–H and O–H groups in total. The number of halogens is 1. The van der Waals surface area contributed by atoms with Crippen LogP contribution in [0.4, 0.5) is 16.5 Å². The summed E-state index contributed by atoms with van der Waals surface area (Å²) in [5, 5.41) is 4.82. The van der Waals surface area contributed by atoms with Crippen molar-refractivity contribution in [1.29, 1.82) is 0 Å². The summed E-state index contributed by atoms with van der Waals surface area (Å²) in [5.41, 5.74) is 0.556. The predicted octanol–water partition coefficient (Wildman–Crippen LogP) is 2.76. The number of carbonyl (C=O) groups excluding carboxylic acids is 1. The van der Waals surface area contributed by atoms with Gasteiger partial charge in [0.05, 0.1) is 23.4 Å². The molecule has 10 nitrogen and oxygen atoms in total. The van der Waals surface area contributed by atoms with Gasteiger partial charge in [-0.1, -0.05) is 11.6 Å². The van der Waals surface area contributed by atoms with Crippen LogP contribution < -0.4 is 19.1 Å². The van der Waals surface area contributed by atoms with Gasteiger partial charge in [0, 0.05) is 22.3 Å². The molecule has 0 aliphatic carbocycles. The largest absolute Gasteiger partial charge is 0.476 e. The van der Waals surface area contributed by atoms with E-state index in [-0.39, 0.29) is 28.0 Å². The predicted molar refractivity (Wildman–Crippen MR) is 126 cm³/mol. The third kappa shape index (κ3) is 5.21. The normalized spacial score (nSPS) is 15.9. The Morgan fingerprint density at radius 1 is 1.18 bits per heavy atom. The van der Waals surface area contributed by atoms with Gasteiger partial charge in [-0.25, -0.2) is 21.8 Å². The van der Waals surface area contributed by atoms with E-state index < -0.39 is 32.1 Å². The number of carbonyl (C=O) groups is 1. The second-order valence-corrected chi connectivity index (χ2v) is 11.9. The summed E-state index contributed by atoms with van der Waals surface area (Å²) in [5.74, 6) is -0.397. The third-order valence-corrected chi connectivity index (χ3v) is 8.12. The third-order valence-electron chi connectivity index (χ3n) is 4.57. The highest BCUT2D eigenvalue weighted by Gasteiger charge is 2.35. The maximum atomic E-state index is 12.8. The molecule has 3 aromatic rings. The molecule has 0 radical (unpaired) electrons. The lowest BCUT2D eigenvalue weighted by atomic mass is 10.2. The van der Waals surface area contributed by atoms with E-state index in [1.54, 1.807) is 5.38 Å². The molecule has 2 heterocycles. The van der Waals surface area contributed by atoms with Gasteiger partial charge in [0.2, 0.25) is 10.0 Å². The first-order valence-electron chi connectivity index (χ1n) is 9.30. The number of aromatic nitrogens is 1. The summed E-state index contributed by atoms with van der Waals surface area (Å²) in [6, 6.07) is 9.95. The fourth-order valence-electron chi connectivity index (χ4n) is 3.06. The average Bonchev–Trinajstić information content (AvgIpc) is 3.25. The highest BCUT2D eigenvalue weighted by molar-refractivity contribution is 7.93. The van der Waals surface area contributed by atoms with Crippen LogP contribution in [0.25, 0.3) is 0 Å². The smallest absolute Gasteiger partial charge is 0.267 e. The molecule has 1 atom stereocenters. The van der Waals surface area contributed by atoms with Crippen LogP contribution in [0.2, 0.25) is 5.02 Å². The van der Waals surface area contributed by atoms with Crippen molar-refractivity contribution in [1.82, 2.24) is 4.98 Å². The lowest BCUT2D eigenvalue weighted by molar-refractivity contribution is -0.122. The molecule has 1 amide bonds. The molecule has 1 aliphatic rings. The minimum atomic E-state index is -3.83. The maximum Gasteiger partial charge on any atom is 0.267 e. The number of sulfonamides is 2. The zero-order chi connectivity index (χ0) is 23.8. The van der Waals surface area contributed by atoms with Crippen LogP contribution in [0.5, 0.6) is 5.75 Å². The summed E-state index contributed by atoms with van der Waals surface area (Å²) >= 11 is 7.12. The van der Waals surface area contributed by atoms with Crippen molar-refractivity contribution in [3.05, 3.63) is 59.1 Å². The lowest BCUT2D eigenvalue weighted by Crippen LogP contribution is -2.48. The number of thiazole rings is 1. The number of amides is 1. The number of ether oxygens (including phenoxy) is 1. The molecule has 0 fully saturated rings. The first kappa shape index (κ1) is 23.3. The van der Waals surface area contributed by atoms with E-state index in [4.69, 9.17) is 16.3 Å². The second-order valence-electron chi connectivity index (χ2n) is 6.97. The van der Waals surface area contributed by atoms with Gasteiger partial charge in [0.15, 0.2) is 11.2 Å². The molecule has 1 unspecified atom stereocenters. The zero-order valence-corrected chi connectivity index (χ0v) is 20.1. The van der Waals surface area contributed by atoms with Crippen LogP contribution in [-0.2, 0) is 24.8 Å². The Kier molecular flexibility index (Phi) is 6.22. The molecule has 14 heteroatoms. The lowest BCUT2D eigenvalue weighted by Gasteiger charge is -2.34. The minimum Gasteiger partial charge on any atom is -0.476 e. The molecule has 0 bridgehead atoms.